The molecule has 0 spiro atoms. The molecule has 154 valence electrons. The number of halogens is 1. The highest BCUT2D eigenvalue weighted by molar-refractivity contribution is 14.0. The lowest BCUT2D eigenvalue weighted by atomic mass is 10.2. The number of hydrogen-bond donors (Lipinski definition) is 2. The van der Waals surface area contributed by atoms with Gasteiger partial charge in [-0.25, -0.2) is 4.99 Å². The van der Waals surface area contributed by atoms with Crippen molar-refractivity contribution in [1.82, 2.24) is 25.2 Å². The van der Waals surface area contributed by atoms with Crippen LogP contribution in [0, 0.1) is 16.0 Å². The number of benzene rings is 1. The maximum atomic E-state index is 10.8. The van der Waals surface area contributed by atoms with Crippen LogP contribution in [-0.2, 0) is 13.1 Å². The van der Waals surface area contributed by atoms with Crippen molar-refractivity contribution in [1.29, 1.82) is 0 Å². The van der Waals surface area contributed by atoms with E-state index in [0.717, 1.165) is 23.6 Å². The van der Waals surface area contributed by atoms with Crippen LogP contribution >= 0.6 is 24.0 Å². The van der Waals surface area contributed by atoms with Gasteiger partial charge in [-0.2, -0.15) is 0 Å². The second-order valence-electron chi connectivity index (χ2n) is 6.76. The maximum absolute atomic E-state index is 10.8. The third kappa shape index (κ3) is 6.38. The van der Waals surface area contributed by atoms with Gasteiger partial charge in [0.05, 0.1) is 18.0 Å². The van der Waals surface area contributed by atoms with Crippen molar-refractivity contribution in [2.45, 2.75) is 26.9 Å². The number of nitro groups is 1. The highest BCUT2D eigenvalue weighted by atomic mass is 127. The summed E-state index contributed by atoms with van der Waals surface area (Å²) in [7, 11) is 0. The summed E-state index contributed by atoms with van der Waals surface area (Å²) in [5, 5.41) is 25.7. The van der Waals surface area contributed by atoms with E-state index in [1.807, 2.05) is 28.8 Å². The molecule has 0 saturated heterocycles. The minimum absolute atomic E-state index is 0. The Morgan fingerprint density at radius 1 is 1.17 bits per heavy atom. The molecular formula is C19H24IN7O2. The topological polar surface area (TPSA) is 110 Å². The zero-order chi connectivity index (χ0) is 19.9. The Morgan fingerprint density at radius 3 is 2.62 bits per heavy atom. The first kappa shape index (κ1) is 22.5. The summed E-state index contributed by atoms with van der Waals surface area (Å²) in [5.41, 5.74) is 1.76. The lowest BCUT2D eigenvalue weighted by Crippen LogP contribution is -2.39. The van der Waals surface area contributed by atoms with Gasteiger partial charge in [-0.05, 0) is 23.6 Å². The highest BCUT2D eigenvalue weighted by Crippen LogP contribution is 2.12. The van der Waals surface area contributed by atoms with Gasteiger partial charge in [0.25, 0.3) is 5.69 Å². The van der Waals surface area contributed by atoms with Crippen molar-refractivity contribution in [3.05, 3.63) is 70.2 Å². The number of fused-ring (bicyclic) bond motifs is 1. The molecule has 10 heteroatoms. The summed E-state index contributed by atoms with van der Waals surface area (Å²) in [5.74, 6) is 1.89. The Morgan fingerprint density at radius 2 is 1.93 bits per heavy atom. The van der Waals surface area contributed by atoms with Crippen LogP contribution in [0.4, 0.5) is 5.69 Å². The molecule has 0 amide bonds. The first-order chi connectivity index (χ1) is 13.5. The average Bonchev–Trinajstić information content (AvgIpc) is 3.11. The lowest BCUT2D eigenvalue weighted by Gasteiger charge is -2.13. The van der Waals surface area contributed by atoms with E-state index in [-0.39, 0.29) is 29.7 Å². The van der Waals surface area contributed by atoms with Crippen LogP contribution in [0.25, 0.3) is 5.65 Å². The summed E-state index contributed by atoms with van der Waals surface area (Å²) in [6, 6.07) is 12.2. The van der Waals surface area contributed by atoms with Crippen molar-refractivity contribution in [3.63, 3.8) is 0 Å². The quantitative estimate of drug-likeness (QED) is 0.167. The zero-order valence-electron chi connectivity index (χ0n) is 16.3. The van der Waals surface area contributed by atoms with Gasteiger partial charge in [-0.15, -0.1) is 34.2 Å². The number of nitrogens with one attached hydrogen (secondary N) is 2. The highest BCUT2D eigenvalue weighted by Gasteiger charge is 2.07. The number of non-ortho nitro benzene ring substituents is 1. The molecule has 0 atom stereocenters. The molecule has 0 aliphatic heterocycles. The minimum atomic E-state index is -0.410. The van der Waals surface area contributed by atoms with Crippen LogP contribution in [-0.4, -0.2) is 32.0 Å². The van der Waals surface area contributed by atoms with E-state index >= 15 is 0 Å². The van der Waals surface area contributed by atoms with Crippen molar-refractivity contribution in [3.8, 4) is 0 Å². The van der Waals surface area contributed by atoms with Crippen molar-refractivity contribution in [2.75, 3.05) is 6.54 Å². The van der Waals surface area contributed by atoms with E-state index < -0.39 is 4.92 Å². The Hall–Kier alpha value is -2.76. The van der Waals surface area contributed by atoms with E-state index in [1.165, 1.54) is 12.1 Å². The van der Waals surface area contributed by atoms with Crippen molar-refractivity contribution < 1.29 is 4.92 Å². The fourth-order valence-corrected chi connectivity index (χ4v) is 2.54. The number of rotatable bonds is 7. The van der Waals surface area contributed by atoms with Gasteiger partial charge in [0.1, 0.15) is 0 Å². The lowest BCUT2D eigenvalue weighted by molar-refractivity contribution is -0.384. The third-order valence-electron chi connectivity index (χ3n) is 4.04. The first-order valence-corrected chi connectivity index (χ1v) is 9.07. The van der Waals surface area contributed by atoms with Gasteiger partial charge in [0.2, 0.25) is 0 Å². The van der Waals surface area contributed by atoms with Gasteiger partial charge in [0, 0.05) is 24.9 Å². The van der Waals surface area contributed by atoms with Gasteiger partial charge in [-0.1, -0.05) is 32.0 Å². The minimum Gasteiger partial charge on any atom is -0.356 e. The van der Waals surface area contributed by atoms with Crippen LogP contribution in [0.2, 0.25) is 0 Å². The molecule has 0 unspecified atom stereocenters. The summed E-state index contributed by atoms with van der Waals surface area (Å²) >= 11 is 0. The van der Waals surface area contributed by atoms with Crippen LogP contribution in [0.3, 0.4) is 0 Å². The molecule has 29 heavy (non-hydrogen) atoms. The Kier molecular flexibility index (Phi) is 8.31. The van der Waals surface area contributed by atoms with Gasteiger partial charge in [0.15, 0.2) is 17.4 Å². The number of pyridine rings is 1. The molecule has 3 rings (SSSR count). The summed E-state index contributed by atoms with van der Waals surface area (Å²) in [6.07, 6.45) is 1.92. The number of hydrogen-bond acceptors (Lipinski definition) is 5. The van der Waals surface area contributed by atoms with Gasteiger partial charge >= 0.3 is 0 Å². The van der Waals surface area contributed by atoms with E-state index in [9.17, 15) is 10.1 Å². The molecule has 2 N–H and O–H groups in total. The Labute approximate surface area is 185 Å². The molecule has 3 aromatic rings. The molecule has 0 aliphatic carbocycles. The molecule has 2 heterocycles. The molecule has 9 nitrogen and oxygen atoms in total. The molecule has 0 bridgehead atoms. The average molecular weight is 509 g/mol. The predicted octanol–water partition coefficient (Wildman–Crippen LogP) is 3.15. The monoisotopic (exact) mass is 509 g/mol. The smallest absolute Gasteiger partial charge is 0.269 e. The predicted molar refractivity (Wildman–Crippen MR) is 122 cm³/mol. The summed E-state index contributed by atoms with van der Waals surface area (Å²) < 4.78 is 1.92. The second-order valence-corrected chi connectivity index (χ2v) is 6.76. The molecule has 2 aromatic heterocycles. The van der Waals surface area contributed by atoms with Crippen molar-refractivity contribution >= 4 is 41.3 Å². The number of nitrogens with zero attached hydrogens (tertiary/aromatic N) is 5. The van der Waals surface area contributed by atoms with E-state index in [4.69, 9.17) is 0 Å². The second kappa shape index (κ2) is 10.7. The Bertz CT molecular complexity index is 970. The zero-order valence-corrected chi connectivity index (χ0v) is 18.6. The molecule has 0 saturated carbocycles. The molecule has 0 radical (unpaired) electrons. The van der Waals surface area contributed by atoms with Crippen LogP contribution in [0.15, 0.2) is 53.7 Å². The fourth-order valence-electron chi connectivity index (χ4n) is 2.54. The fraction of sp³-hybridized carbons (Fsp3) is 0.316. The third-order valence-corrected chi connectivity index (χ3v) is 4.04. The first-order valence-electron chi connectivity index (χ1n) is 9.07. The van der Waals surface area contributed by atoms with Crippen molar-refractivity contribution in [2.24, 2.45) is 10.9 Å². The Balaban J connectivity index is 0.00000300. The molecule has 0 fully saturated rings. The normalized spacial score (nSPS) is 11.3. The largest absolute Gasteiger partial charge is 0.356 e. The van der Waals surface area contributed by atoms with Crippen LogP contribution in [0.1, 0.15) is 25.2 Å². The maximum Gasteiger partial charge on any atom is 0.269 e. The number of nitro benzene ring substituents is 1. The van der Waals surface area contributed by atoms with E-state index in [1.54, 1.807) is 12.1 Å². The number of aliphatic imine (C=N–C) groups is 1. The van der Waals surface area contributed by atoms with Crippen LogP contribution < -0.4 is 10.6 Å². The summed E-state index contributed by atoms with van der Waals surface area (Å²) in [6.45, 7) is 5.88. The molecular weight excluding hydrogens is 485 g/mol. The van der Waals surface area contributed by atoms with E-state index in [0.29, 0.717) is 25.0 Å². The number of guanidine groups is 1. The number of aromatic nitrogens is 3. The van der Waals surface area contributed by atoms with Gasteiger partial charge in [-0.3, -0.25) is 14.5 Å². The summed E-state index contributed by atoms with van der Waals surface area (Å²) in [4.78, 5) is 14.9. The van der Waals surface area contributed by atoms with Gasteiger partial charge < -0.3 is 10.6 Å². The molecule has 1 aromatic carbocycles. The van der Waals surface area contributed by atoms with Crippen LogP contribution in [0.5, 0.6) is 0 Å². The standard InChI is InChI=1S/C19H23N7O2.HI/c1-14(2)11-20-19(21-12-15-6-8-16(9-7-15)26(27)28)22-13-18-24-23-17-5-3-4-10-25(17)18;/h3-10,14H,11-13H2,1-2H3,(H2,20,21,22);1H. The van der Waals surface area contributed by atoms with E-state index in [2.05, 4.69) is 39.7 Å². The molecule has 0 aliphatic rings. The SMILES string of the molecule is CC(C)CNC(=NCc1ccc([N+](=O)[O-])cc1)NCc1nnc2ccccn12.I.